The highest BCUT2D eigenvalue weighted by Gasteiger charge is 2.23. The largest absolute Gasteiger partial charge is 0.325 e. The smallest absolute Gasteiger partial charge is 0.237 e. The third kappa shape index (κ3) is 3.26. The molecule has 0 radical (unpaired) electrons. The third-order valence-corrected chi connectivity index (χ3v) is 6.54. The van der Waals surface area contributed by atoms with Crippen molar-refractivity contribution in [1.29, 1.82) is 0 Å². The highest BCUT2D eigenvalue weighted by atomic mass is 32.2. The maximum Gasteiger partial charge on any atom is 0.237 e. The average Bonchev–Trinajstić information content (AvgIpc) is 3.18. The van der Waals surface area contributed by atoms with Gasteiger partial charge in [0.05, 0.1) is 5.25 Å². The molecule has 0 saturated carbocycles. The van der Waals surface area contributed by atoms with Gasteiger partial charge in [-0.05, 0) is 56.0 Å². The summed E-state index contributed by atoms with van der Waals surface area (Å²) in [4.78, 5) is 23.7. The fourth-order valence-corrected chi connectivity index (χ4v) is 5.23. The molecule has 0 saturated heterocycles. The zero-order valence-corrected chi connectivity index (χ0v) is 15.2. The van der Waals surface area contributed by atoms with Gasteiger partial charge in [0.2, 0.25) is 5.91 Å². The number of hydrogen-bond acceptors (Lipinski definition) is 5. The van der Waals surface area contributed by atoms with Crippen molar-refractivity contribution in [3.8, 4) is 0 Å². The van der Waals surface area contributed by atoms with E-state index in [-0.39, 0.29) is 17.0 Å². The number of aromatic nitrogens is 2. The van der Waals surface area contributed by atoms with E-state index in [9.17, 15) is 9.18 Å². The molecule has 4 rings (SSSR count). The van der Waals surface area contributed by atoms with Crippen molar-refractivity contribution in [2.45, 2.75) is 36.5 Å². The summed E-state index contributed by atoms with van der Waals surface area (Å²) in [5.41, 5.74) is 1.94. The van der Waals surface area contributed by atoms with Crippen molar-refractivity contribution in [3.05, 3.63) is 46.9 Å². The van der Waals surface area contributed by atoms with E-state index in [2.05, 4.69) is 15.3 Å². The SMILES string of the molecule is C[C@H](Sc1ncnc2sc3c(c12)CCC3)C(=O)Nc1ccc(F)cc1. The van der Waals surface area contributed by atoms with Crippen LogP contribution in [-0.2, 0) is 17.6 Å². The Hall–Kier alpha value is -1.99. The van der Waals surface area contributed by atoms with Crippen LogP contribution in [-0.4, -0.2) is 21.1 Å². The van der Waals surface area contributed by atoms with E-state index < -0.39 is 0 Å². The number of fused-ring (bicyclic) bond motifs is 3. The topological polar surface area (TPSA) is 54.9 Å². The Morgan fingerprint density at radius 2 is 2.08 bits per heavy atom. The number of hydrogen-bond donors (Lipinski definition) is 1. The second kappa shape index (κ2) is 6.72. The first-order valence-electron chi connectivity index (χ1n) is 8.10. The molecule has 1 atom stereocenters. The monoisotopic (exact) mass is 373 g/mol. The maximum atomic E-state index is 13.0. The zero-order chi connectivity index (χ0) is 17.4. The minimum Gasteiger partial charge on any atom is -0.325 e. The molecule has 0 bridgehead atoms. The Morgan fingerprint density at radius 3 is 2.88 bits per heavy atom. The molecule has 0 fully saturated rings. The van der Waals surface area contributed by atoms with Crippen LogP contribution in [0.5, 0.6) is 0 Å². The second-order valence-corrected chi connectivity index (χ2v) is 8.39. The lowest BCUT2D eigenvalue weighted by Crippen LogP contribution is -2.22. The van der Waals surface area contributed by atoms with Crippen molar-refractivity contribution in [2.24, 2.45) is 0 Å². The summed E-state index contributed by atoms with van der Waals surface area (Å²) in [7, 11) is 0. The van der Waals surface area contributed by atoms with E-state index in [1.165, 1.54) is 40.8 Å². The van der Waals surface area contributed by atoms with E-state index in [0.29, 0.717) is 5.69 Å². The summed E-state index contributed by atoms with van der Waals surface area (Å²) >= 11 is 3.18. The number of nitrogens with one attached hydrogen (secondary N) is 1. The molecule has 2 heterocycles. The van der Waals surface area contributed by atoms with Crippen LogP contribution in [0.25, 0.3) is 10.2 Å². The number of anilines is 1. The summed E-state index contributed by atoms with van der Waals surface area (Å²) in [5.74, 6) is -0.453. The van der Waals surface area contributed by atoms with Gasteiger partial charge in [0.25, 0.3) is 0 Å². The first-order valence-corrected chi connectivity index (χ1v) is 9.80. The Labute approximate surface area is 152 Å². The van der Waals surface area contributed by atoms with Crippen LogP contribution in [0.2, 0.25) is 0 Å². The minimum atomic E-state index is -0.324. The van der Waals surface area contributed by atoms with E-state index in [1.807, 2.05) is 6.92 Å². The van der Waals surface area contributed by atoms with Crippen molar-refractivity contribution in [1.82, 2.24) is 9.97 Å². The van der Waals surface area contributed by atoms with Crippen LogP contribution in [0, 0.1) is 5.82 Å². The number of carbonyl (C=O) groups is 1. The number of aryl methyl sites for hydroxylation is 2. The van der Waals surface area contributed by atoms with Gasteiger partial charge >= 0.3 is 0 Å². The molecule has 2 aromatic heterocycles. The highest BCUT2D eigenvalue weighted by molar-refractivity contribution is 8.00. The predicted octanol–water partition coefficient (Wildman–Crippen LogP) is 4.44. The predicted molar refractivity (Wildman–Crippen MR) is 99.8 cm³/mol. The number of rotatable bonds is 4. The van der Waals surface area contributed by atoms with E-state index in [0.717, 1.165) is 28.1 Å². The highest BCUT2D eigenvalue weighted by Crippen LogP contribution is 2.40. The van der Waals surface area contributed by atoms with Gasteiger partial charge in [0.15, 0.2) is 0 Å². The maximum absolute atomic E-state index is 13.0. The second-order valence-electron chi connectivity index (χ2n) is 5.97. The molecule has 1 N–H and O–H groups in total. The summed E-state index contributed by atoms with van der Waals surface area (Å²) < 4.78 is 13.0. The number of halogens is 1. The molecule has 4 nitrogen and oxygen atoms in total. The van der Waals surface area contributed by atoms with Crippen molar-refractivity contribution < 1.29 is 9.18 Å². The van der Waals surface area contributed by atoms with Gasteiger partial charge in [-0.15, -0.1) is 11.3 Å². The number of thiophene rings is 1. The average molecular weight is 373 g/mol. The molecule has 1 aliphatic carbocycles. The van der Waals surface area contributed by atoms with Gasteiger partial charge in [0, 0.05) is 16.0 Å². The molecule has 0 unspecified atom stereocenters. The summed E-state index contributed by atoms with van der Waals surface area (Å²) in [6.07, 6.45) is 4.92. The number of thioether (sulfide) groups is 1. The molecule has 25 heavy (non-hydrogen) atoms. The van der Waals surface area contributed by atoms with Gasteiger partial charge in [0.1, 0.15) is 22.0 Å². The lowest BCUT2D eigenvalue weighted by atomic mass is 10.2. The zero-order valence-electron chi connectivity index (χ0n) is 13.6. The van der Waals surface area contributed by atoms with Crippen LogP contribution in [0.15, 0.2) is 35.6 Å². The lowest BCUT2D eigenvalue weighted by molar-refractivity contribution is -0.115. The summed E-state index contributed by atoms with van der Waals surface area (Å²) in [6, 6.07) is 5.77. The standard InChI is InChI=1S/C18H16FN3OS2/c1-10(16(23)22-12-7-5-11(19)6-8-12)24-17-15-13-3-2-4-14(13)25-18(15)21-9-20-17/h5-10H,2-4H2,1H3,(H,22,23)/t10-/m0/s1. The molecule has 0 spiro atoms. The van der Waals surface area contributed by atoms with Crippen molar-refractivity contribution >= 4 is 44.9 Å². The quantitative estimate of drug-likeness (QED) is 0.543. The van der Waals surface area contributed by atoms with Crippen LogP contribution >= 0.6 is 23.1 Å². The molecule has 1 aliphatic rings. The van der Waals surface area contributed by atoms with Crippen LogP contribution in [0.1, 0.15) is 23.8 Å². The molecule has 0 aliphatic heterocycles. The first-order chi connectivity index (χ1) is 12.1. The van der Waals surface area contributed by atoms with Crippen molar-refractivity contribution in [2.75, 3.05) is 5.32 Å². The van der Waals surface area contributed by atoms with Gasteiger partial charge in [-0.2, -0.15) is 0 Å². The lowest BCUT2D eigenvalue weighted by Gasteiger charge is -2.12. The molecule has 1 aromatic carbocycles. The molecule has 1 amide bonds. The molecular weight excluding hydrogens is 357 g/mol. The van der Waals surface area contributed by atoms with E-state index in [4.69, 9.17) is 0 Å². The van der Waals surface area contributed by atoms with Crippen LogP contribution in [0.3, 0.4) is 0 Å². The Kier molecular flexibility index (Phi) is 4.43. The third-order valence-electron chi connectivity index (χ3n) is 4.24. The van der Waals surface area contributed by atoms with Gasteiger partial charge in [-0.1, -0.05) is 11.8 Å². The van der Waals surface area contributed by atoms with E-state index >= 15 is 0 Å². The van der Waals surface area contributed by atoms with Crippen LogP contribution in [0.4, 0.5) is 10.1 Å². The fraction of sp³-hybridized carbons (Fsp3) is 0.278. The molecule has 128 valence electrons. The Balaban J connectivity index is 1.54. The van der Waals surface area contributed by atoms with Crippen LogP contribution < -0.4 is 5.32 Å². The number of benzene rings is 1. The fourth-order valence-electron chi connectivity index (χ4n) is 2.99. The molecular formula is C18H16FN3OS2. The molecule has 7 heteroatoms. The van der Waals surface area contributed by atoms with E-state index in [1.54, 1.807) is 29.8 Å². The molecule has 3 aromatic rings. The summed E-state index contributed by atoms with van der Waals surface area (Å²) in [5, 5.41) is 4.48. The number of carbonyl (C=O) groups excluding carboxylic acids is 1. The van der Waals surface area contributed by atoms with Crippen molar-refractivity contribution in [3.63, 3.8) is 0 Å². The van der Waals surface area contributed by atoms with Gasteiger partial charge in [-0.3, -0.25) is 4.79 Å². The summed E-state index contributed by atoms with van der Waals surface area (Å²) in [6.45, 7) is 1.85. The minimum absolute atomic E-state index is 0.129. The Morgan fingerprint density at radius 1 is 1.28 bits per heavy atom. The first kappa shape index (κ1) is 16.5. The Bertz CT molecular complexity index is 939. The number of nitrogens with zero attached hydrogens (tertiary/aromatic N) is 2. The number of amides is 1. The normalized spacial score (nSPS) is 14.5. The van der Waals surface area contributed by atoms with Gasteiger partial charge < -0.3 is 5.32 Å². The van der Waals surface area contributed by atoms with Gasteiger partial charge in [-0.25, -0.2) is 14.4 Å².